The van der Waals surface area contributed by atoms with Crippen molar-refractivity contribution in [3.8, 4) is 0 Å². The van der Waals surface area contributed by atoms with Crippen molar-refractivity contribution in [3.63, 3.8) is 0 Å². The summed E-state index contributed by atoms with van der Waals surface area (Å²) in [6.45, 7) is 5.81. The number of ether oxygens (including phenoxy) is 5. The van der Waals surface area contributed by atoms with E-state index in [1.807, 2.05) is 0 Å². The molecule has 0 spiro atoms. The van der Waals surface area contributed by atoms with E-state index in [9.17, 15) is 34.5 Å². The van der Waals surface area contributed by atoms with E-state index in [0.717, 1.165) is 109 Å². The molecule has 12 heteroatoms. The van der Waals surface area contributed by atoms with Crippen molar-refractivity contribution in [1.82, 2.24) is 0 Å². The van der Waals surface area contributed by atoms with Gasteiger partial charge in [-0.05, 0) is 83.5 Å². The second-order valence-electron chi connectivity index (χ2n) is 19.9. The molecular formula is C61H104O12. The maximum Gasteiger partial charge on any atom is 0.335 e. The molecule has 3 N–H and O–H groups in total. The number of allylic oxidation sites excluding steroid dienone is 10. The van der Waals surface area contributed by atoms with Crippen molar-refractivity contribution >= 4 is 23.9 Å². The average Bonchev–Trinajstić information content (AvgIpc) is 3.37. The van der Waals surface area contributed by atoms with Crippen LogP contribution in [0.1, 0.15) is 252 Å². The Balaban J connectivity index is 2.67. The van der Waals surface area contributed by atoms with Gasteiger partial charge in [-0.3, -0.25) is 14.4 Å². The van der Waals surface area contributed by atoms with E-state index in [-0.39, 0.29) is 25.9 Å². The minimum Gasteiger partial charge on any atom is -0.479 e. The number of carbonyl (C=O) groups excluding carboxylic acids is 3. The third-order valence-corrected chi connectivity index (χ3v) is 13.1. The highest BCUT2D eigenvalue weighted by Crippen LogP contribution is 2.26. The summed E-state index contributed by atoms with van der Waals surface area (Å²) < 4.78 is 28.4. The first-order valence-electron chi connectivity index (χ1n) is 29.3. The summed E-state index contributed by atoms with van der Waals surface area (Å²) in [4.78, 5) is 51.0. The summed E-state index contributed by atoms with van der Waals surface area (Å²) in [6, 6.07) is 0. The van der Waals surface area contributed by atoms with Crippen LogP contribution in [0.3, 0.4) is 0 Å². The molecule has 0 aromatic carbocycles. The molecule has 1 heterocycles. The number of aliphatic hydroxyl groups excluding tert-OH is 2. The maximum absolute atomic E-state index is 13.1. The van der Waals surface area contributed by atoms with Crippen LogP contribution in [0, 0.1) is 0 Å². The second kappa shape index (κ2) is 49.3. The highest BCUT2D eigenvalue weighted by molar-refractivity contribution is 5.74. The fraction of sp³-hybridized carbons (Fsp3) is 0.770. The van der Waals surface area contributed by atoms with Gasteiger partial charge in [-0.1, -0.05) is 210 Å². The number of esters is 3. The summed E-state index contributed by atoms with van der Waals surface area (Å²) >= 11 is 0. The zero-order valence-electron chi connectivity index (χ0n) is 46.1. The van der Waals surface area contributed by atoms with Gasteiger partial charge in [0.05, 0.1) is 6.61 Å². The minimum atomic E-state index is -1.90. The van der Waals surface area contributed by atoms with Crippen molar-refractivity contribution in [2.45, 2.75) is 289 Å². The summed E-state index contributed by atoms with van der Waals surface area (Å²) in [5.74, 6) is -3.14. The highest BCUT2D eigenvalue weighted by Gasteiger charge is 2.50. The van der Waals surface area contributed by atoms with Crippen LogP contribution in [-0.2, 0) is 42.9 Å². The second-order valence-corrected chi connectivity index (χ2v) is 19.9. The van der Waals surface area contributed by atoms with Gasteiger partial charge in [-0.15, -0.1) is 0 Å². The number of carbonyl (C=O) groups is 4. The number of unbranched alkanes of at least 4 members (excludes halogenated alkanes) is 25. The van der Waals surface area contributed by atoms with Crippen molar-refractivity contribution in [3.05, 3.63) is 60.8 Å². The monoisotopic (exact) mass is 1030 g/mol. The minimum absolute atomic E-state index is 0.0587. The lowest BCUT2D eigenvalue weighted by atomic mass is 9.98. The summed E-state index contributed by atoms with van der Waals surface area (Å²) in [5.41, 5.74) is 0. The van der Waals surface area contributed by atoms with Crippen LogP contribution in [0.15, 0.2) is 60.8 Å². The van der Waals surface area contributed by atoms with Crippen LogP contribution < -0.4 is 0 Å². The molecule has 1 rings (SSSR count). The SMILES string of the molecule is CC/C=C\C/C=C\C/C=C\CCCCCCCC(=O)OC(COC(=O)CCCCCCCCCCC/C=C\C/C=C\CCCCC)COC1OC(C(=O)O)C(O)C(O)C1OC(=O)CCCCCCCCCCC. The van der Waals surface area contributed by atoms with E-state index >= 15 is 0 Å². The Morgan fingerprint density at radius 1 is 0.466 bits per heavy atom. The lowest BCUT2D eigenvalue weighted by Gasteiger charge is -2.40. The van der Waals surface area contributed by atoms with Crippen LogP contribution in [-0.4, -0.2) is 89.2 Å². The van der Waals surface area contributed by atoms with Gasteiger partial charge in [0.25, 0.3) is 0 Å². The Morgan fingerprint density at radius 3 is 1.34 bits per heavy atom. The van der Waals surface area contributed by atoms with E-state index < -0.39 is 67.3 Å². The average molecular weight is 1030 g/mol. The van der Waals surface area contributed by atoms with Gasteiger partial charge in [0.2, 0.25) is 0 Å². The van der Waals surface area contributed by atoms with Crippen LogP contribution >= 0.6 is 0 Å². The molecule has 1 aliphatic heterocycles. The maximum atomic E-state index is 13.1. The standard InChI is InChI=1S/C61H104O12/c1-4-7-10-13-16-19-21-23-25-26-27-28-30-31-33-36-38-41-44-47-53(62)69-50-52(71-54(63)48-45-42-40-37-34-32-29-24-22-20-17-14-11-8-5-2)51-70-61-59(57(66)56(65)58(73-61)60(67)68)72-55(64)49-46-43-39-35-18-15-12-9-6-3/h8,11,16-17,19-20,23-25,29,52,56-59,61,65-66H,4-7,9-10,12-15,18,21-22,26-28,30-51H2,1-3H3,(H,67,68)/b11-8-,19-16-,20-17-,25-23-,29-24-. The molecule has 6 unspecified atom stereocenters. The van der Waals surface area contributed by atoms with Gasteiger partial charge < -0.3 is 39.0 Å². The highest BCUT2D eigenvalue weighted by atomic mass is 16.7. The van der Waals surface area contributed by atoms with Crippen LogP contribution in [0.2, 0.25) is 0 Å². The number of hydrogen-bond donors (Lipinski definition) is 3. The summed E-state index contributed by atoms with van der Waals surface area (Å²) in [7, 11) is 0. The zero-order valence-corrected chi connectivity index (χ0v) is 46.1. The number of aliphatic hydroxyl groups is 2. The molecule has 0 aromatic rings. The number of carboxylic acid groups (broad SMARTS) is 1. The normalized spacial score (nSPS) is 18.7. The number of aliphatic carboxylic acids is 1. The molecule has 0 aliphatic carbocycles. The molecule has 0 saturated carbocycles. The smallest absolute Gasteiger partial charge is 0.335 e. The Bertz CT molecular complexity index is 1500. The molecule has 0 radical (unpaired) electrons. The van der Waals surface area contributed by atoms with Gasteiger partial charge in [-0.25, -0.2) is 4.79 Å². The third kappa shape index (κ3) is 39.5. The predicted molar refractivity (Wildman–Crippen MR) is 294 cm³/mol. The van der Waals surface area contributed by atoms with E-state index in [4.69, 9.17) is 23.7 Å². The molecule has 0 bridgehead atoms. The quantitative estimate of drug-likeness (QED) is 0.0228. The largest absolute Gasteiger partial charge is 0.479 e. The van der Waals surface area contributed by atoms with Crippen molar-refractivity contribution in [1.29, 1.82) is 0 Å². The fourth-order valence-corrected chi connectivity index (χ4v) is 8.59. The van der Waals surface area contributed by atoms with Crippen LogP contribution in [0.5, 0.6) is 0 Å². The van der Waals surface area contributed by atoms with Gasteiger partial charge >= 0.3 is 23.9 Å². The number of carboxylic acids is 1. The van der Waals surface area contributed by atoms with E-state index in [0.29, 0.717) is 19.3 Å². The Hall–Kier alpha value is -3.58. The Kier molecular flexibility index (Phi) is 45.5. The van der Waals surface area contributed by atoms with Crippen molar-refractivity contribution in [2.24, 2.45) is 0 Å². The van der Waals surface area contributed by atoms with Crippen LogP contribution in [0.25, 0.3) is 0 Å². The third-order valence-electron chi connectivity index (χ3n) is 13.1. The fourth-order valence-electron chi connectivity index (χ4n) is 8.59. The molecule has 73 heavy (non-hydrogen) atoms. The molecule has 420 valence electrons. The first-order chi connectivity index (χ1) is 35.6. The van der Waals surface area contributed by atoms with Crippen molar-refractivity contribution in [2.75, 3.05) is 13.2 Å². The van der Waals surface area contributed by atoms with Gasteiger partial charge in [0.1, 0.15) is 18.8 Å². The molecular weight excluding hydrogens is 925 g/mol. The Labute approximate surface area is 443 Å². The van der Waals surface area contributed by atoms with Gasteiger partial charge in [0.15, 0.2) is 24.6 Å². The first-order valence-corrected chi connectivity index (χ1v) is 29.3. The van der Waals surface area contributed by atoms with E-state index in [1.165, 1.54) is 83.5 Å². The predicted octanol–water partition coefficient (Wildman–Crippen LogP) is 14.8. The molecule has 1 fully saturated rings. The van der Waals surface area contributed by atoms with Crippen LogP contribution in [0.4, 0.5) is 0 Å². The number of hydrogen-bond acceptors (Lipinski definition) is 11. The molecule has 6 atom stereocenters. The lowest BCUT2D eigenvalue weighted by Crippen LogP contribution is -2.61. The summed E-state index contributed by atoms with van der Waals surface area (Å²) in [5, 5.41) is 31.4. The Morgan fingerprint density at radius 2 is 0.863 bits per heavy atom. The van der Waals surface area contributed by atoms with E-state index in [1.54, 1.807) is 0 Å². The zero-order chi connectivity index (χ0) is 53.3. The van der Waals surface area contributed by atoms with Gasteiger partial charge in [-0.2, -0.15) is 0 Å². The molecule has 0 amide bonds. The molecule has 12 nitrogen and oxygen atoms in total. The lowest BCUT2D eigenvalue weighted by molar-refractivity contribution is -0.301. The summed E-state index contributed by atoms with van der Waals surface area (Å²) in [6.07, 6.45) is 47.8. The first kappa shape index (κ1) is 67.4. The molecule has 1 saturated heterocycles. The topological polar surface area (TPSA) is 175 Å². The van der Waals surface area contributed by atoms with E-state index in [2.05, 4.69) is 81.5 Å². The molecule has 1 aliphatic rings. The van der Waals surface area contributed by atoms with Crippen molar-refractivity contribution < 1.29 is 58.2 Å². The van der Waals surface area contributed by atoms with Gasteiger partial charge in [0, 0.05) is 19.3 Å². The number of rotatable bonds is 49. The molecule has 0 aromatic heterocycles.